The molecular formula is C23H14Cl2N2O5S. The Labute approximate surface area is 203 Å². The molecule has 1 fully saturated rings. The third kappa shape index (κ3) is 4.28. The number of carbonyl (C=O) groups is 3. The minimum atomic E-state index is -1.17. The summed E-state index contributed by atoms with van der Waals surface area (Å²) in [6.45, 7) is 1.74. The number of hydrogen-bond acceptors (Lipinski definition) is 5. The van der Waals surface area contributed by atoms with Crippen LogP contribution in [0.15, 0.2) is 58.5 Å². The zero-order valence-electron chi connectivity index (χ0n) is 16.9. The SMILES string of the molecule is Cc1c(Cl)cccc1N1C(=O)/C(=C/c2ccc(-c3ccc(Cl)c(C(=O)O)c3)o2)C(=O)NC1=S. The minimum absolute atomic E-state index is 0.0602. The summed E-state index contributed by atoms with van der Waals surface area (Å²) in [7, 11) is 0. The smallest absolute Gasteiger partial charge is 0.337 e. The molecule has 2 N–H and O–H groups in total. The molecule has 1 aromatic heterocycles. The number of carbonyl (C=O) groups excluding carboxylic acids is 2. The minimum Gasteiger partial charge on any atom is -0.478 e. The number of anilines is 1. The van der Waals surface area contributed by atoms with E-state index < -0.39 is 17.8 Å². The van der Waals surface area contributed by atoms with Gasteiger partial charge in [0, 0.05) is 10.6 Å². The molecule has 7 nitrogen and oxygen atoms in total. The van der Waals surface area contributed by atoms with Gasteiger partial charge in [0.2, 0.25) is 0 Å². The number of carboxylic acid groups (broad SMARTS) is 1. The van der Waals surface area contributed by atoms with E-state index in [1.807, 2.05) is 0 Å². The number of nitrogens with zero attached hydrogens (tertiary/aromatic N) is 1. The van der Waals surface area contributed by atoms with Crippen LogP contribution in [0.3, 0.4) is 0 Å². The highest BCUT2D eigenvalue weighted by Crippen LogP contribution is 2.31. The Morgan fingerprint density at radius 3 is 2.61 bits per heavy atom. The highest BCUT2D eigenvalue weighted by Gasteiger charge is 2.35. The summed E-state index contributed by atoms with van der Waals surface area (Å²) in [5.41, 5.74) is 1.28. The topological polar surface area (TPSA) is 99.8 Å². The average molecular weight is 501 g/mol. The number of benzene rings is 2. The third-order valence-electron chi connectivity index (χ3n) is 4.98. The molecule has 2 heterocycles. The Bertz CT molecular complexity index is 1380. The first kappa shape index (κ1) is 22.7. The third-order valence-corrected chi connectivity index (χ3v) is 6.00. The maximum Gasteiger partial charge on any atom is 0.337 e. The van der Waals surface area contributed by atoms with Crippen molar-refractivity contribution in [2.45, 2.75) is 6.92 Å². The molecule has 10 heteroatoms. The van der Waals surface area contributed by atoms with E-state index in [2.05, 4.69) is 5.32 Å². The average Bonchev–Trinajstić information content (AvgIpc) is 3.23. The van der Waals surface area contributed by atoms with Crippen LogP contribution in [0, 0.1) is 6.92 Å². The van der Waals surface area contributed by atoms with Gasteiger partial charge in [0.05, 0.1) is 16.3 Å². The molecule has 3 aromatic rings. The first-order chi connectivity index (χ1) is 15.7. The summed E-state index contributed by atoms with van der Waals surface area (Å²) in [5, 5.41) is 12.3. The molecule has 2 amide bonds. The quantitative estimate of drug-likeness (QED) is 0.294. The molecule has 0 bridgehead atoms. The Morgan fingerprint density at radius 1 is 1.12 bits per heavy atom. The number of thiocarbonyl (C=S) groups is 1. The molecular weight excluding hydrogens is 487 g/mol. The number of aromatic carboxylic acids is 1. The van der Waals surface area contributed by atoms with Gasteiger partial charge in [-0.05, 0) is 73.2 Å². The van der Waals surface area contributed by atoms with Gasteiger partial charge in [-0.25, -0.2) is 4.79 Å². The maximum atomic E-state index is 13.2. The van der Waals surface area contributed by atoms with Crippen LogP contribution in [-0.4, -0.2) is 28.0 Å². The lowest BCUT2D eigenvalue weighted by atomic mass is 10.1. The van der Waals surface area contributed by atoms with E-state index in [0.717, 1.165) is 0 Å². The van der Waals surface area contributed by atoms with Gasteiger partial charge in [-0.2, -0.15) is 0 Å². The van der Waals surface area contributed by atoms with E-state index in [0.29, 0.717) is 27.6 Å². The van der Waals surface area contributed by atoms with Crippen LogP contribution in [0.1, 0.15) is 21.7 Å². The molecule has 0 aliphatic carbocycles. The Morgan fingerprint density at radius 2 is 1.88 bits per heavy atom. The predicted octanol–water partition coefficient (Wildman–Crippen LogP) is 5.09. The van der Waals surface area contributed by atoms with E-state index in [4.69, 9.17) is 39.8 Å². The fraction of sp³-hybridized carbons (Fsp3) is 0.0435. The van der Waals surface area contributed by atoms with Crippen molar-refractivity contribution >= 4 is 70.1 Å². The van der Waals surface area contributed by atoms with Crippen LogP contribution in [-0.2, 0) is 9.59 Å². The van der Waals surface area contributed by atoms with Crippen LogP contribution < -0.4 is 10.2 Å². The van der Waals surface area contributed by atoms with Crippen LogP contribution in [0.2, 0.25) is 10.0 Å². The van der Waals surface area contributed by atoms with Gasteiger partial charge in [0.15, 0.2) is 5.11 Å². The summed E-state index contributed by atoms with van der Waals surface area (Å²) < 4.78 is 5.74. The van der Waals surface area contributed by atoms with Gasteiger partial charge in [0.1, 0.15) is 17.1 Å². The molecule has 33 heavy (non-hydrogen) atoms. The van der Waals surface area contributed by atoms with Crippen molar-refractivity contribution in [1.82, 2.24) is 5.32 Å². The number of halogens is 2. The second-order valence-corrected chi connectivity index (χ2v) is 8.24. The van der Waals surface area contributed by atoms with Gasteiger partial charge in [0.25, 0.3) is 11.8 Å². The molecule has 0 unspecified atom stereocenters. The number of amides is 2. The predicted molar refractivity (Wildman–Crippen MR) is 129 cm³/mol. The Hall–Kier alpha value is -3.46. The van der Waals surface area contributed by atoms with Gasteiger partial charge >= 0.3 is 5.97 Å². The van der Waals surface area contributed by atoms with Gasteiger partial charge < -0.3 is 9.52 Å². The molecule has 0 radical (unpaired) electrons. The normalized spacial score (nSPS) is 15.2. The summed E-state index contributed by atoms with van der Waals surface area (Å²) >= 11 is 17.3. The number of nitrogens with one attached hydrogen (secondary N) is 1. The van der Waals surface area contributed by atoms with E-state index >= 15 is 0 Å². The van der Waals surface area contributed by atoms with Gasteiger partial charge in [-0.15, -0.1) is 0 Å². The Balaban J connectivity index is 1.70. The van der Waals surface area contributed by atoms with Crippen molar-refractivity contribution in [2.75, 3.05) is 4.90 Å². The fourth-order valence-corrected chi connectivity index (χ4v) is 3.93. The highest BCUT2D eigenvalue weighted by molar-refractivity contribution is 7.80. The molecule has 4 rings (SSSR count). The summed E-state index contributed by atoms with van der Waals surface area (Å²) in [5.74, 6) is -1.92. The summed E-state index contributed by atoms with van der Waals surface area (Å²) in [6, 6.07) is 12.6. The molecule has 0 atom stereocenters. The van der Waals surface area contributed by atoms with Crippen molar-refractivity contribution < 1.29 is 23.9 Å². The lowest BCUT2D eigenvalue weighted by Crippen LogP contribution is -2.54. The first-order valence-corrected chi connectivity index (χ1v) is 10.6. The first-order valence-electron chi connectivity index (χ1n) is 9.47. The van der Waals surface area contributed by atoms with Gasteiger partial charge in [-0.1, -0.05) is 29.3 Å². The molecule has 0 saturated carbocycles. The Kier molecular flexibility index (Phi) is 6.07. The summed E-state index contributed by atoms with van der Waals surface area (Å²) in [4.78, 5) is 38.2. The lowest BCUT2D eigenvalue weighted by molar-refractivity contribution is -0.122. The zero-order chi connectivity index (χ0) is 23.9. The zero-order valence-corrected chi connectivity index (χ0v) is 19.2. The fourth-order valence-electron chi connectivity index (χ4n) is 3.28. The molecule has 2 aromatic carbocycles. The maximum absolute atomic E-state index is 13.2. The van der Waals surface area contributed by atoms with E-state index in [1.54, 1.807) is 43.3 Å². The number of carboxylic acids is 1. The van der Waals surface area contributed by atoms with Crippen LogP contribution in [0.25, 0.3) is 17.4 Å². The molecule has 1 aliphatic heterocycles. The van der Waals surface area contributed by atoms with Crippen LogP contribution >= 0.6 is 35.4 Å². The molecule has 1 aliphatic rings. The van der Waals surface area contributed by atoms with Gasteiger partial charge in [-0.3, -0.25) is 19.8 Å². The highest BCUT2D eigenvalue weighted by atomic mass is 35.5. The van der Waals surface area contributed by atoms with E-state index in [9.17, 15) is 19.5 Å². The number of hydrogen-bond donors (Lipinski definition) is 2. The largest absolute Gasteiger partial charge is 0.478 e. The molecule has 0 spiro atoms. The van der Waals surface area contributed by atoms with E-state index in [-0.39, 0.29) is 27.0 Å². The van der Waals surface area contributed by atoms with Crippen LogP contribution in [0.5, 0.6) is 0 Å². The monoisotopic (exact) mass is 500 g/mol. The van der Waals surface area contributed by atoms with E-state index in [1.165, 1.54) is 23.1 Å². The second-order valence-electron chi connectivity index (χ2n) is 7.04. The van der Waals surface area contributed by atoms with Crippen molar-refractivity contribution in [2.24, 2.45) is 0 Å². The van der Waals surface area contributed by atoms with Crippen molar-refractivity contribution in [3.63, 3.8) is 0 Å². The summed E-state index contributed by atoms with van der Waals surface area (Å²) in [6.07, 6.45) is 1.30. The number of rotatable bonds is 4. The second kappa shape index (κ2) is 8.82. The van der Waals surface area contributed by atoms with Crippen molar-refractivity contribution in [3.05, 3.63) is 81.0 Å². The molecule has 166 valence electrons. The number of furan rings is 1. The lowest BCUT2D eigenvalue weighted by Gasteiger charge is -2.30. The molecule has 1 saturated heterocycles. The van der Waals surface area contributed by atoms with Crippen molar-refractivity contribution in [3.8, 4) is 11.3 Å². The van der Waals surface area contributed by atoms with Crippen LogP contribution in [0.4, 0.5) is 5.69 Å². The standard InChI is InChI=1S/C23H14Cl2N2O5S/c1-11-16(24)3-2-4-18(11)27-21(29)15(20(28)26-23(27)33)10-13-6-8-19(32-13)12-5-7-17(25)14(9-12)22(30)31/h2-10H,1H3,(H,30,31)(H,26,28,33)/b15-10+. The van der Waals surface area contributed by atoms with Crippen molar-refractivity contribution in [1.29, 1.82) is 0 Å².